The summed E-state index contributed by atoms with van der Waals surface area (Å²) in [5.74, 6) is 0.896. The molecule has 0 fully saturated rings. The van der Waals surface area contributed by atoms with E-state index in [-0.39, 0.29) is 5.78 Å². The number of hydrogen-bond acceptors (Lipinski definition) is 2. The second-order valence-corrected chi connectivity index (χ2v) is 13.8. The minimum Gasteiger partial charge on any atom is -0.494 e. The minimum atomic E-state index is 0.0530. The molecular formula is C39H66N2O2+2. The highest BCUT2D eigenvalue weighted by atomic mass is 16.5. The van der Waals surface area contributed by atoms with Gasteiger partial charge >= 0.3 is 0 Å². The third-order valence-corrected chi connectivity index (χ3v) is 9.14. The van der Waals surface area contributed by atoms with Gasteiger partial charge in [-0.25, -0.2) is 0 Å². The van der Waals surface area contributed by atoms with E-state index in [4.69, 9.17) is 4.74 Å². The van der Waals surface area contributed by atoms with Crippen molar-refractivity contribution in [2.45, 2.75) is 110 Å². The Morgan fingerprint density at radius 3 is 1.67 bits per heavy atom. The molecule has 0 aromatic heterocycles. The summed E-state index contributed by atoms with van der Waals surface area (Å²) in [6.07, 6.45) is 20.2. The molecule has 4 heteroatoms. The second-order valence-electron chi connectivity index (χ2n) is 13.8. The normalized spacial score (nSPS) is 13.1. The van der Waals surface area contributed by atoms with Crippen LogP contribution < -0.4 is 4.74 Å². The maximum Gasteiger partial charge on any atom is 0.193 e. The van der Waals surface area contributed by atoms with Gasteiger partial charge in [0, 0.05) is 11.1 Å². The standard InChI is InChI=1S/C39H66N2O2/c1-6-8-9-10-11-12-13-14-15-21-31-40(3,4)33-34-41(5,30-7-2)32-22-16-17-23-35-43-38-28-26-37(27-29-38)39(42)36-24-19-18-20-25-36/h18-20,24-29H,6-17,21-23,30-35H2,1-5H3/q+2. The summed E-state index contributed by atoms with van der Waals surface area (Å²) in [7, 11) is 7.37. The maximum atomic E-state index is 12.6. The Bertz CT molecular complexity index is 972. The summed E-state index contributed by atoms with van der Waals surface area (Å²) < 4.78 is 8.34. The van der Waals surface area contributed by atoms with Crippen molar-refractivity contribution in [2.75, 3.05) is 60.5 Å². The van der Waals surface area contributed by atoms with Crippen LogP contribution in [0.2, 0.25) is 0 Å². The Balaban J connectivity index is 1.57. The molecule has 1 unspecified atom stereocenters. The molecule has 2 aromatic carbocycles. The SMILES string of the molecule is CCCCCCCCCCCC[N+](C)(C)CC[N+](C)(CCC)CCCCCCOc1ccc(C(=O)c2ccccc2)cc1. The molecule has 0 aliphatic heterocycles. The third-order valence-electron chi connectivity index (χ3n) is 9.14. The summed E-state index contributed by atoms with van der Waals surface area (Å²) in [5, 5.41) is 0. The van der Waals surface area contributed by atoms with Crippen molar-refractivity contribution >= 4 is 5.78 Å². The van der Waals surface area contributed by atoms with E-state index in [1.54, 1.807) is 0 Å². The molecule has 0 bridgehead atoms. The Labute approximate surface area is 266 Å². The van der Waals surface area contributed by atoms with Crippen molar-refractivity contribution < 1.29 is 18.5 Å². The topological polar surface area (TPSA) is 26.3 Å². The van der Waals surface area contributed by atoms with Crippen LogP contribution in [-0.2, 0) is 0 Å². The number of carbonyl (C=O) groups is 1. The zero-order valence-electron chi connectivity index (χ0n) is 28.8. The summed E-state index contributed by atoms with van der Waals surface area (Å²) >= 11 is 0. The smallest absolute Gasteiger partial charge is 0.193 e. The first-order chi connectivity index (χ1) is 20.8. The molecule has 4 nitrogen and oxygen atoms in total. The number of nitrogens with zero attached hydrogens (tertiary/aromatic N) is 2. The van der Waals surface area contributed by atoms with E-state index in [0.29, 0.717) is 5.56 Å². The average Bonchev–Trinajstić information content (AvgIpc) is 3.01. The van der Waals surface area contributed by atoms with Gasteiger partial charge in [0.15, 0.2) is 5.78 Å². The van der Waals surface area contributed by atoms with Gasteiger partial charge in [-0.15, -0.1) is 0 Å². The Morgan fingerprint density at radius 1 is 0.535 bits per heavy atom. The monoisotopic (exact) mass is 595 g/mol. The molecule has 1 atom stereocenters. The van der Waals surface area contributed by atoms with Crippen LogP contribution >= 0.6 is 0 Å². The lowest BCUT2D eigenvalue weighted by Gasteiger charge is -2.38. The lowest BCUT2D eigenvalue weighted by molar-refractivity contribution is -0.955. The molecule has 0 spiro atoms. The minimum absolute atomic E-state index is 0.0530. The van der Waals surface area contributed by atoms with E-state index in [2.05, 4.69) is 35.0 Å². The highest BCUT2D eigenvalue weighted by Crippen LogP contribution is 2.17. The predicted molar refractivity (Wildman–Crippen MR) is 185 cm³/mol. The largest absolute Gasteiger partial charge is 0.494 e. The van der Waals surface area contributed by atoms with Crippen LogP contribution in [0, 0.1) is 0 Å². The molecule has 0 heterocycles. The van der Waals surface area contributed by atoms with Gasteiger partial charge in [-0.05, 0) is 69.2 Å². The van der Waals surface area contributed by atoms with Crippen LogP contribution in [0.5, 0.6) is 5.75 Å². The van der Waals surface area contributed by atoms with Gasteiger partial charge in [0.2, 0.25) is 0 Å². The number of unbranched alkanes of at least 4 members (excludes halogenated alkanes) is 12. The van der Waals surface area contributed by atoms with Gasteiger partial charge in [0.1, 0.15) is 18.8 Å². The summed E-state index contributed by atoms with van der Waals surface area (Å²) in [6, 6.07) is 17.0. The van der Waals surface area contributed by atoms with Crippen molar-refractivity contribution in [3.8, 4) is 5.75 Å². The van der Waals surface area contributed by atoms with Gasteiger partial charge < -0.3 is 13.7 Å². The summed E-state index contributed by atoms with van der Waals surface area (Å²) in [6.45, 7) is 11.8. The quantitative estimate of drug-likeness (QED) is 0.0616. The van der Waals surface area contributed by atoms with Gasteiger partial charge in [-0.1, -0.05) is 95.5 Å². The van der Waals surface area contributed by atoms with Gasteiger partial charge in [-0.2, -0.15) is 0 Å². The molecule has 0 saturated heterocycles. The highest BCUT2D eigenvalue weighted by Gasteiger charge is 2.25. The van der Waals surface area contributed by atoms with Crippen LogP contribution in [0.25, 0.3) is 0 Å². The molecule has 0 aliphatic carbocycles. The van der Waals surface area contributed by atoms with E-state index in [1.165, 1.54) is 127 Å². The van der Waals surface area contributed by atoms with E-state index < -0.39 is 0 Å². The summed E-state index contributed by atoms with van der Waals surface area (Å²) in [4.78, 5) is 12.6. The number of carbonyl (C=O) groups excluding carboxylic acids is 1. The average molecular weight is 595 g/mol. The van der Waals surface area contributed by atoms with Crippen molar-refractivity contribution in [1.29, 1.82) is 0 Å². The lowest BCUT2D eigenvalue weighted by Crippen LogP contribution is -2.53. The van der Waals surface area contributed by atoms with E-state index >= 15 is 0 Å². The van der Waals surface area contributed by atoms with Crippen molar-refractivity contribution in [3.05, 3.63) is 65.7 Å². The number of rotatable bonds is 26. The first-order valence-corrected chi connectivity index (χ1v) is 17.8. The van der Waals surface area contributed by atoms with Crippen LogP contribution in [0.3, 0.4) is 0 Å². The Morgan fingerprint density at radius 2 is 1.07 bits per heavy atom. The molecular weight excluding hydrogens is 528 g/mol. The van der Waals surface area contributed by atoms with Crippen LogP contribution in [-0.4, -0.2) is 75.2 Å². The number of quaternary nitrogens is 2. The third kappa shape index (κ3) is 16.5. The van der Waals surface area contributed by atoms with Crippen molar-refractivity contribution in [1.82, 2.24) is 0 Å². The van der Waals surface area contributed by atoms with Crippen molar-refractivity contribution in [3.63, 3.8) is 0 Å². The number of ketones is 1. The fraction of sp³-hybridized carbons (Fsp3) is 0.667. The fourth-order valence-electron chi connectivity index (χ4n) is 6.12. The first kappa shape index (κ1) is 37.0. The van der Waals surface area contributed by atoms with Gasteiger partial charge in [-0.3, -0.25) is 4.79 Å². The maximum absolute atomic E-state index is 12.6. The van der Waals surface area contributed by atoms with Gasteiger partial charge in [0.25, 0.3) is 0 Å². The highest BCUT2D eigenvalue weighted by molar-refractivity contribution is 6.08. The Kier molecular flexibility index (Phi) is 18.5. The molecule has 242 valence electrons. The molecule has 0 N–H and O–H groups in total. The molecule has 0 saturated carbocycles. The molecule has 0 aliphatic rings. The molecule has 0 radical (unpaired) electrons. The van der Waals surface area contributed by atoms with Crippen LogP contribution in [0.4, 0.5) is 0 Å². The van der Waals surface area contributed by atoms with E-state index in [0.717, 1.165) is 28.8 Å². The number of ether oxygens (including phenoxy) is 1. The number of benzene rings is 2. The van der Waals surface area contributed by atoms with Gasteiger partial charge in [0.05, 0.1) is 47.4 Å². The number of likely N-dealkylation sites (N-methyl/N-ethyl adjacent to an activating group) is 2. The van der Waals surface area contributed by atoms with Crippen LogP contribution in [0.1, 0.15) is 126 Å². The molecule has 0 amide bonds. The molecule has 2 aromatic rings. The Hall–Kier alpha value is -2.17. The number of hydrogen-bond donors (Lipinski definition) is 0. The molecule has 2 rings (SSSR count). The van der Waals surface area contributed by atoms with Crippen molar-refractivity contribution in [2.24, 2.45) is 0 Å². The van der Waals surface area contributed by atoms with Crippen LogP contribution in [0.15, 0.2) is 54.6 Å². The van der Waals surface area contributed by atoms with E-state index in [9.17, 15) is 4.79 Å². The fourth-order valence-corrected chi connectivity index (χ4v) is 6.12. The zero-order valence-corrected chi connectivity index (χ0v) is 28.8. The lowest BCUT2D eigenvalue weighted by atomic mass is 10.0. The summed E-state index contributed by atoms with van der Waals surface area (Å²) in [5.41, 5.74) is 1.42. The molecule has 43 heavy (non-hydrogen) atoms. The first-order valence-electron chi connectivity index (χ1n) is 17.8. The second kappa shape index (κ2) is 21.5. The zero-order chi connectivity index (χ0) is 31.2. The van der Waals surface area contributed by atoms with E-state index in [1.807, 2.05) is 54.6 Å². The predicted octanol–water partition coefficient (Wildman–Crippen LogP) is 9.71.